The second kappa shape index (κ2) is 4.77. The van der Waals surface area contributed by atoms with Crippen LogP contribution < -0.4 is 4.74 Å². The Morgan fingerprint density at radius 3 is 2.22 bits per heavy atom. The van der Waals surface area contributed by atoms with E-state index in [4.69, 9.17) is 11.6 Å². The maximum Gasteiger partial charge on any atom is 0.255 e. The molecule has 0 unspecified atom stereocenters. The minimum absolute atomic E-state index is 0.214. The minimum atomic E-state index is -1.82. The lowest BCUT2D eigenvalue weighted by atomic mass is 10.4. The van der Waals surface area contributed by atoms with Gasteiger partial charge in [-0.3, -0.25) is 0 Å². The molecular weight excluding hydrogens is 276 g/mol. The molecule has 0 saturated carbocycles. The summed E-state index contributed by atoms with van der Waals surface area (Å²) in [7, 11) is 0. The third kappa shape index (κ3) is 2.21. The highest BCUT2D eigenvalue weighted by atomic mass is 35.5. The Bertz CT molecular complexity index is 582. The number of hydrogen-bond donors (Lipinski definition) is 0. The van der Waals surface area contributed by atoms with Gasteiger partial charge in [0.05, 0.1) is 0 Å². The second-order valence-corrected chi connectivity index (χ2v) is 3.40. The summed E-state index contributed by atoms with van der Waals surface area (Å²) in [6, 6.07) is 2.59. The zero-order chi connectivity index (χ0) is 13.3. The van der Waals surface area contributed by atoms with Gasteiger partial charge in [0.25, 0.3) is 11.9 Å². The maximum absolute atomic E-state index is 13.2. The molecule has 0 spiro atoms. The van der Waals surface area contributed by atoms with E-state index in [1.807, 2.05) is 0 Å². The summed E-state index contributed by atoms with van der Waals surface area (Å²) in [5.41, 5.74) is 0. The van der Waals surface area contributed by atoms with Crippen molar-refractivity contribution >= 4 is 11.6 Å². The van der Waals surface area contributed by atoms with Gasteiger partial charge in [-0.1, -0.05) is 11.6 Å². The van der Waals surface area contributed by atoms with Crippen LogP contribution in [0.4, 0.5) is 17.6 Å². The summed E-state index contributed by atoms with van der Waals surface area (Å²) >= 11 is 5.57. The van der Waals surface area contributed by atoms with Gasteiger partial charge in [-0.05, 0) is 12.1 Å². The molecule has 2 aromatic heterocycles. The first-order chi connectivity index (χ1) is 8.50. The van der Waals surface area contributed by atoms with Crippen LogP contribution >= 0.6 is 11.6 Å². The van der Waals surface area contributed by atoms with Crippen LogP contribution in [-0.4, -0.2) is 9.97 Å². The highest BCUT2D eigenvalue weighted by Crippen LogP contribution is 2.32. The predicted molar refractivity (Wildman–Crippen MR) is 53.4 cm³/mol. The molecule has 0 fully saturated rings. The number of hydrogen-bond acceptors (Lipinski definition) is 3. The van der Waals surface area contributed by atoms with Gasteiger partial charge in [-0.2, -0.15) is 22.5 Å². The van der Waals surface area contributed by atoms with E-state index in [1.54, 1.807) is 0 Å². The van der Waals surface area contributed by atoms with Crippen molar-refractivity contribution in [2.45, 2.75) is 0 Å². The highest BCUT2D eigenvalue weighted by molar-refractivity contribution is 6.30. The number of ether oxygens (including phenoxy) is 1. The molecule has 0 aliphatic rings. The Hall–Kier alpha value is -1.89. The third-order valence-electron chi connectivity index (χ3n) is 1.89. The van der Waals surface area contributed by atoms with Crippen LogP contribution in [0, 0.1) is 23.5 Å². The molecule has 0 radical (unpaired) electrons. The van der Waals surface area contributed by atoms with Gasteiger partial charge < -0.3 is 4.74 Å². The monoisotopic (exact) mass is 278 g/mol. The fourth-order valence-corrected chi connectivity index (χ4v) is 1.27. The highest BCUT2D eigenvalue weighted by Gasteiger charge is 2.23. The predicted octanol–water partition coefficient (Wildman–Crippen LogP) is 3.48. The van der Waals surface area contributed by atoms with Crippen LogP contribution in [0.1, 0.15) is 0 Å². The number of halogens is 5. The minimum Gasteiger partial charge on any atom is -0.448 e. The van der Waals surface area contributed by atoms with Gasteiger partial charge in [0.1, 0.15) is 0 Å². The van der Waals surface area contributed by atoms with E-state index in [9.17, 15) is 17.6 Å². The van der Waals surface area contributed by atoms with Crippen LogP contribution in [0.15, 0.2) is 18.3 Å². The molecule has 0 saturated heterocycles. The van der Waals surface area contributed by atoms with E-state index >= 15 is 0 Å². The van der Waals surface area contributed by atoms with Crippen molar-refractivity contribution in [1.82, 2.24) is 9.97 Å². The van der Waals surface area contributed by atoms with Crippen LogP contribution in [0.25, 0.3) is 0 Å². The molecule has 18 heavy (non-hydrogen) atoms. The first-order valence-electron chi connectivity index (χ1n) is 4.49. The fourth-order valence-electron chi connectivity index (χ4n) is 1.12. The summed E-state index contributed by atoms with van der Waals surface area (Å²) in [6.45, 7) is 0. The lowest BCUT2D eigenvalue weighted by Gasteiger charge is -2.08. The molecule has 2 heterocycles. The third-order valence-corrected chi connectivity index (χ3v) is 2.18. The van der Waals surface area contributed by atoms with E-state index < -0.39 is 29.3 Å². The summed E-state index contributed by atoms with van der Waals surface area (Å²) in [5.74, 6) is -8.66. The average molecular weight is 279 g/mol. The van der Waals surface area contributed by atoms with Crippen molar-refractivity contribution < 1.29 is 22.3 Å². The summed E-state index contributed by atoms with van der Waals surface area (Å²) in [5, 5.41) is -0.214. The molecule has 0 atom stereocenters. The van der Waals surface area contributed by atoms with Gasteiger partial charge in [-0.25, -0.2) is 4.98 Å². The van der Waals surface area contributed by atoms with E-state index in [0.29, 0.717) is 0 Å². The number of aromatic nitrogens is 2. The smallest absolute Gasteiger partial charge is 0.255 e. The largest absolute Gasteiger partial charge is 0.448 e. The fraction of sp³-hybridized carbons (Fsp3) is 0. The van der Waals surface area contributed by atoms with Crippen molar-refractivity contribution in [1.29, 1.82) is 0 Å². The normalized spacial score (nSPS) is 10.5. The summed E-state index contributed by atoms with van der Waals surface area (Å²) < 4.78 is 56.7. The van der Waals surface area contributed by atoms with Gasteiger partial charge in [0.2, 0.25) is 17.4 Å². The molecule has 94 valence electrons. The lowest BCUT2D eigenvalue weighted by Crippen LogP contribution is -2.03. The number of rotatable bonds is 2. The Balaban J connectivity index is 2.50. The number of nitrogens with zero attached hydrogens (tertiary/aromatic N) is 2. The summed E-state index contributed by atoms with van der Waals surface area (Å²) in [4.78, 5) is 5.96. The molecule has 0 aromatic carbocycles. The molecule has 8 heteroatoms. The van der Waals surface area contributed by atoms with Crippen LogP contribution in [0.5, 0.6) is 11.5 Å². The Kier molecular flexibility index (Phi) is 3.33. The first kappa shape index (κ1) is 12.6. The molecule has 0 bridgehead atoms. The molecular formula is C10H3ClF4N2O. The van der Waals surface area contributed by atoms with Gasteiger partial charge in [0.15, 0.2) is 10.9 Å². The van der Waals surface area contributed by atoms with Crippen molar-refractivity contribution in [2.24, 2.45) is 0 Å². The first-order valence-corrected chi connectivity index (χ1v) is 4.87. The summed E-state index contributed by atoms with van der Waals surface area (Å²) in [6.07, 6.45) is 1.30. The zero-order valence-corrected chi connectivity index (χ0v) is 9.18. The maximum atomic E-state index is 13.2. The van der Waals surface area contributed by atoms with E-state index in [1.165, 1.54) is 18.3 Å². The standard InChI is InChI=1S/C10H3ClF4N2O/c11-8-4(2-1-3-16-8)18-7-5(12)9(14)17-10(15)6(7)13/h1-3H. The van der Waals surface area contributed by atoms with Crippen molar-refractivity contribution in [3.8, 4) is 11.5 Å². The van der Waals surface area contributed by atoms with Gasteiger partial charge in [0, 0.05) is 6.20 Å². The SMILES string of the molecule is Fc1nc(F)c(F)c(Oc2cccnc2Cl)c1F. The molecule has 3 nitrogen and oxygen atoms in total. The molecule has 2 aromatic rings. The van der Waals surface area contributed by atoms with E-state index in [2.05, 4.69) is 14.7 Å². The Morgan fingerprint density at radius 2 is 1.67 bits per heavy atom. The second-order valence-electron chi connectivity index (χ2n) is 3.04. The van der Waals surface area contributed by atoms with Crippen LogP contribution in [-0.2, 0) is 0 Å². The van der Waals surface area contributed by atoms with E-state index in [-0.39, 0.29) is 10.9 Å². The van der Waals surface area contributed by atoms with Crippen LogP contribution in [0.3, 0.4) is 0 Å². The Labute approximate surface area is 103 Å². The average Bonchev–Trinajstić information content (AvgIpc) is 2.34. The molecule has 2 rings (SSSR count). The van der Waals surface area contributed by atoms with Crippen molar-refractivity contribution in [3.05, 3.63) is 47.0 Å². The van der Waals surface area contributed by atoms with Gasteiger partial charge >= 0.3 is 0 Å². The molecule has 0 aliphatic heterocycles. The number of pyridine rings is 2. The zero-order valence-electron chi connectivity index (χ0n) is 8.42. The lowest BCUT2D eigenvalue weighted by molar-refractivity contribution is 0.343. The van der Waals surface area contributed by atoms with Crippen LogP contribution in [0.2, 0.25) is 5.15 Å². The molecule has 0 amide bonds. The van der Waals surface area contributed by atoms with Gasteiger partial charge in [-0.15, -0.1) is 0 Å². The van der Waals surface area contributed by atoms with Crippen molar-refractivity contribution in [2.75, 3.05) is 0 Å². The molecule has 0 N–H and O–H groups in total. The van der Waals surface area contributed by atoms with E-state index in [0.717, 1.165) is 0 Å². The quantitative estimate of drug-likeness (QED) is 0.623. The van der Waals surface area contributed by atoms with Crippen molar-refractivity contribution in [3.63, 3.8) is 0 Å². The molecule has 0 aliphatic carbocycles. The topological polar surface area (TPSA) is 35.0 Å². The Morgan fingerprint density at radius 1 is 1.06 bits per heavy atom.